The number of hydrogen-bond donors (Lipinski definition) is 1. The summed E-state index contributed by atoms with van der Waals surface area (Å²) in [4.78, 5) is 10.9. The predicted octanol–water partition coefficient (Wildman–Crippen LogP) is 4.14. The fraction of sp³-hybridized carbons (Fsp3) is 0.286. The smallest absolute Gasteiger partial charge is 0.243 e. The van der Waals surface area contributed by atoms with Crippen molar-refractivity contribution in [2.75, 3.05) is 31.1 Å². The largest absolute Gasteiger partial charge is 0.444 e. The molecule has 4 aromatic rings. The van der Waals surface area contributed by atoms with Crippen LogP contribution < -0.4 is 10.2 Å². The minimum absolute atomic E-state index is 0.0469. The Kier molecular flexibility index (Phi) is 6.46. The van der Waals surface area contributed by atoms with Gasteiger partial charge in [-0.1, -0.05) is 19.1 Å². The molecule has 2 aliphatic rings. The van der Waals surface area contributed by atoms with Crippen LogP contribution in [0.4, 0.5) is 10.1 Å². The Balaban J connectivity index is 1.21. The molecule has 1 saturated heterocycles. The van der Waals surface area contributed by atoms with Gasteiger partial charge in [0.15, 0.2) is 0 Å². The molecule has 10 heteroatoms. The lowest BCUT2D eigenvalue weighted by atomic mass is 9.95. The number of pyridine rings is 1. The van der Waals surface area contributed by atoms with Gasteiger partial charge in [0.05, 0.1) is 16.7 Å². The lowest BCUT2D eigenvalue weighted by molar-refractivity contribution is 0.431. The van der Waals surface area contributed by atoms with E-state index in [1.165, 1.54) is 34.6 Å². The number of benzene rings is 2. The first-order valence-corrected chi connectivity index (χ1v) is 14.1. The molecule has 1 fully saturated rings. The molecule has 196 valence electrons. The van der Waals surface area contributed by atoms with Crippen LogP contribution in [0.25, 0.3) is 11.5 Å². The zero-order chi connectivity index (χ0) is 26.3. The summed E-state index contributed by atoms with van der Waals surface area (Å²) in [7, 11) is -3.91. The molecular formula is C28H28FN5O3S. The predicted molar refractivity (Wildman–Crippen MR) is 142 cm³/mol. The number of aromatic nitrogens is 2. The van der Waals surface area contributed by atoms with Crippen molar-refractivity contribution in [1.82, 2.24) is 19.6 Å². The van der Waals surface area contributed by atoms with E-state index in [2.05, 4.69) is 51.4 Å². The molecule has 4 heterocycles. The second-order valence-corrected chi connectivity index (χ2v) is 11.6. The highest BCUT2D eigenvalue weighted by atomic mass is 32.2. The van der Waals surface area contributed by atoms with Crippen LogP contribution in [0.15, 0.2) is 76.5 Å². The summed E-state index contributed by atoms with van der Waals surface area (Å²) >= 11 is 0. The zero-order valence-electron chi connectivity index (χ0n) is 21.0. The summed E-state index contributed by atoms with van der Waals surface area (Å²) in [5.74, 6) is -0.553. The van der Waals surface area contributed by atoms with Crippen LogP contribution in [-0.4, -0.2) is 48.9 Å². The summed E-state index contributed by atoms with van der Waals surface area (Å²) in [6.45, 7) is 6.43. The zero-order valence-corrected chi connectivity index (χ0v) is 21.8. The van der Waals surface area contributed by atoms with Crippen molar-refractivity contribution in [3.8, 4) is 11.5 Å². The molecule has 6 rings (SSSR count). The average Bonchev–Trinajstić information content (AvgIpc) is 3.63. The highest BCUT2D eigenvalue weighted by Crippen LogP contribution is 2.33. The number of piperazine rings is 1. The Bertz CT molecular complexity index is 1570. The first kappa shape index (κ1) is 24.7. The molecule has 8 nitrogen and oxygen atoms in total. The molecule has 0 spiro atoms. The van der Waals surface area contributed by atoms with Crippen molar-refractivity contribution in [2.45, 2.75) is 30.8 Å². The summed E-state index contributed by atoms with van der Waals surface area (Å²) in [5, 5.41) is 3.38. The van der Waals surface area contributed by atoms with E-state index in [1.54, 1.807) is 6.20 Å². The fourth-order valence-electron chi connectivity index (χ4n) is 5.10. The summed E-state index contributed by atoms with van der Waals surface area (Å²) < 4.78 is 48.0. The van der Waals surface area contributed by atoms with Crippen LogP contribution in [0, 0.1) is 5.82 Å². The van der Waals surface area contributed by atoms with E-state index >= 15 is 0 Å². The number of anilines is 1. The van der Waals surface area contributed by atoms with Gasteiger partial charge in [-0.25, -0.2) is 17.8 Å². The van der Waals surface area contributed by atoms with Gasteiger partial charge in [0.25, 0.3) is 0 Å². The molecule has 2 aromatic heterocycles. The fourth-order valence-corrected chi connectivity index (χ4v) is 6.50. The van der Waals surface area contributed by atoms with Crippen molar-refractivity contribution < 1.29 is 17.2 Å². The van der Waals surface area contributed by atoms with Gasteiger partial charge in [-0.15, -0.1) is 0 Å². The van der Waals surface area contributed by atoms with E-state index in [4.69, 9.17) is 4.42 Å². The summed E-state index contributed by atoms with van der Waals surface area (Å²) in [6.07, 6.45) is 4.52. The number of sulfonamides is 1. The van der Waals surface area contributed by atoms with E-state index in [1.807, 2.05) is 6.07 Å². The monoisotopic (exact) mass is 533 g/mol. The number of nitrogens with zero attached hydrogens (tertiary/aromatic N) is 4. The Morgan fingerprint density at radius 1 is 1.03 bits per heavy atom. The van der Waals surface area contributed by atoms with Gasteiger partial charge in [-0.05, 0) is 53.1 Å². The minimum Gasteiger partial charge on any atom is -0.444 e. The molecule has 2 aliphatic heterocycles. The SMILES string of the molecule is CC(c1cccc(N2CCNCC2)c1)c1cc2c(cn1)CN(S(=O)(=O)c1ccc(-c3ncco3)c(F)c1)C2. The van der Waals surface area contributed by atoms with E-state index in [-0.39, 0.29) is 35.4 Å². The molecule has 1 unspecified atom stereocenters. The molecule has 38 heavy (non-hydrogen) atoms. The van der Waals surface area contributed by atoms with Gasteiger partial charge >= 0.3 is 0 Å². The lowest BCUT2D eigenvalue weighted by Crippen LogP contribution is -2.43. The molecule has 0 amide bonds. The number of oxazole rings is 1. The molecule has 2 aromatic carbocycles. The quantitative estimate of drug-likeness (QED) is 0.398. The van der Waals surface area contributed by atoms with E-state index in [0.29, 0.717) is 0 Å². The van der Waals surface area contributed by atoms with Crippen LogP contribution in [0.3, 0.4) is 0 Å². The number of hydrogen-bond acceptors (Lipinski definition) is 7. The molecular weight excluding hydrogens is 505 g/mol. The Morgan fingerprint density at radius 3 is 2.61 bits per heavy atom. The molecule has 1 N–H and O–H groups in total. The molecule has 0 radical (unpaired) electrons. The molecule has 0 bridgehead atoms. The van der Waals surface area contributed by atoms with Gasteiger partial charge in [-0.3, -0.25) is 4.98 Å². The van der Waals surface area contributed by atoms with Crippen molar-refractivity contribution in [1.29, 1.82) is 0 Å². The highest BCUT2D eigenvalue weighted by molar-refractivity contribution is 7.89. The summed E-state index contributed by atoms with van der Waals surface area (Å²) in [5.41, 5.74) is 5.15. The third-order valence-corrected chi connectivity index (χ3v) is 9.12. The first-order chi connectivity index (χ1) is 18.4. The number of halogens is 1. The van der Waals surface area contributed by atoms with Gasteiger partial charge < -0.3 is 14.6 Å². The number of nitrogens with one attached hydrogen (secondary N) is 1. The maximum absolute atomic E-state index is 14.7. The maximum Gasteiger partial charge on any atom is 0.243 e. The standard InChI is InChI=1S/C28H28FN5O3S/c1-19(20-3-2-4-23(13-20)33-10-7-30-8-11-33)27-14-21-17-34(18-22(21)16-32-27)38(35,36)24-5-6-25(26(29)15-24)28-31-9-12-37-28/h2-6,9,12-16,19,30H,7-8,10-11,17-18H2,1H3. The van der Waals surface area contributed by atoms with Crippen molar-refractivity contribution in [3.05, 3.63) is 95.4 Å². The van der Waals surface area contributed by atoms with Crippen LogP contribution in [0.2, 0.25) is 0 Å². The number of fused-ring (bicyclic) bond motifs is 1. The Morgan fingerprint density at radius 2 is 1.84 bits per heavy atom. The lowest BCUT2D eigenvalue weighted by Gasteiger charge is -2.30. The maximum atomic E-state index is 14.7. The third-order valence-electron chi connectivity index (χ3n) is 7.33. The van der Waals surface area contributed by atoms with Gasteiger partial charge in [0.2, 0.25) is 15.9 Å². The Hall–Kier alpha value is -3.60. The first-order valence-electron chi connectivity index (χ1n) is 12.6. The van der Waals surface area contributed by atoms with Crippen LogP contribution >= 0.6 is 0 Å². The summed E-state index contributed by atoms with van der Waals surface area (Å²) in [6, 6.07) is 14.3. The van der Waals surface area contributed by atoms with E-state index in [0.717, 1.165) is 54.6 Å². The normalized spacial score (nSPS) is 16.9. The van der Waals surface area contributed by atoms with E-state index < -0.39 is 15.8 Å². The second-order valence-electron chi connectivity index (χ2n) is 9.68. The van der Waals surface area contributed by atoms with Gasteiger partial charge in [0.1, 0.15) is 12.1 Å². The molecule has 1 atom stereocenters. The van der Waals surface area contributed by atoms with Crippen LogP contribution in [-0.2, 0) is 23.1 Å². The highest BCUT2D eigenvalue weighted by Gasteiger charge is 2.32. The van der Waals surface area contributed by atoms with Crippen LogP contribution in [0.1, 0.15) is 35.2 Å². The average molecular weight is 534 g/mol. The number of rotatable bonds is 6. The molecule has 0 saturated carbocycles. The molecule has 0 aliphatic carbocycles. The third kappa shape index (κ3) is 4.59. The van der Waals surface area contributed by atoms with Crippen molar-refractivity contribution in [2.24, 2.45) is 0 Å². The minimum atomic E-state index is -3.91. The van der Waals surface area contributed by atoms with Gasteiger partial charge in [0, 0.05) is 62.8 Å². The van der Waals surface area contributed by atoms with Crippen molar-refractivity contribution in [3.63, 3.8) is 0 Å². The second kappa shape index (κ2) is 9.94. The van der Waals surface area contributed by atoms with Crippen LogP contribution in [0.5, 0.6) is 0 Å². The van der Waals surface area contributed by atoms with E-state index in [9.17, 15) is 12.8 Å². The topological polar surface area (TPSA) is 91.6 Å². The van der Waals surface area contributed by atoms with Crippen molar-refractivity contribution >= 4 is 15.7 Å². The Labute approximate surface area is 221 Å². The van der Waals surface area contributed by atoms with Gasteiger partial charge in [-0.2, -0.15) is 4.31 Å².